The predicted molar refractivity (Wildman–Crippen MR) is 90.1 cm³/mol. The molecule has 1 saturated heterocycles. The summed E-state index contributed by atoms with van der Waals surface area (Å²) in [5.74, 6) is -2.02. The van der Waals surface area contributed by atoms with Crippen molar-refractivity contribution in [3.8, 4) is 0 Å². The van der Waals surface area contributed by atoms with Crippen LogP contribution < -0.4 is 5.32 Å². The molecule has 1 fully saturated rings. The highest BCUT2D eigenvalue weighted by molar-refractivity contribution is 5.81. The first-order valence-electron chi connectivity index (χ1n) is 8.69. The van der Waals surface area contributed by atoms with Crippen LogP contribution in [0.25, 0.3) is 0 Å². The zero-order valence-electron chi connectivity index (χ0n) is 15.8. The second-order valence-corrected chi connectivity index (χ2v) is 7.16. The maximum atomic E-state index is 12.4. The fourth-order valence-electron chi connectivity index (χ4n) is 2.53. The minimum absolute atomic E-state index is 0.118. The van der Waals surface area contributed by atoms with Crippen molar-refractivity contribution in [2.75, 3.05) is 52.5 Å². The fraction of sp³-hybridized carbons (Fsp3) is 0.875. The van der Waals surface area contributed by atoms with Crippen LogP contribution in [0.4, 0.5) is 18.0 Å². The van der Waals surface area contributed by atoms with Crippen molar-refractivity contribution in [3.05, 3.63) is 0 Å². The van der Waals surface area contributed by atoms with Gasteiger partial charge in [0, 0.05) is 38.8 Å². The van der Waals surface area contributed by atoms with Gasteiger partial charge in [-0.25, -0.2) is 4.79 Å². The van der Waals surface area contributed by atoms with Gasteiger partial charge in [0.1, 0.15) is 5.60 Å². The SMILES string of the molecule is CC(C)(C)OC(=O)N1CCN(CCOCCO)C(CNC(=O)C(F)(F)F)C1. The lowest BCUT2D eigenvalue weighted by molar-refractivity contribution is -0.173. The summed E-state index contributed by atoms with van der Waals surface area (Å²) in [4.78, 5) is 26.6. The average molecular weight is 399 g/mol. The number of carbonyl (C=O) groups is 2. The largest absolute Gasteiger partial charge is 0.471 e. The second kappa shape index (κ2) is 10.1. The van der Waals surface area contributed by atoms with Gasteiger partial charge in [-0.2, -0.15) is 13.2 Å². The van der Waals surface area contributed by atoms with Crippen molar-refractivity contribution in [2.24, 2.45) is 0 Å². The van der Waals surface area contributed by atoms with Crippen LogP contribution in [0.2, 0.25) is 0 Å². The Kier molecular flexibility index (Phi) is 8.76. The summed E-state index contributed by atoms with van der Waals surface area (Å²) in [6.45, 7) is 6.47. The number of ether oxygens (including phenoxy) is 2. The molecule has 158 valence electrons. The number of rotatable bonds is 7. The van der Waals surface area contributed by atoms with Crippen LogP contribution in [0.15, 0.2) is 0 Å². The molecule has 1 unspecified atom stereocenters. The lowest BCUT2D eigenvalue weighted by Gasteiger charge is -2.41. The van der Waals surface area contributed by atoms with E-state index < -0.39 is 29.8 Å². The summed E-state index contributed by atoms with van der Waals surface area (Å²) in [6.07, 6.45) is -5.51. The molecule has 0 bridgehead atoms. The third-order valence-corrected chi connectivity index (χ3v) is 3.77. The minimum atomic E-state index is -4.96. The van der Waals surface area contributed by atoms with Gasteiger partial charge in [0.15, 0.2) is 0 Å². The van der Waals surface area contributed by atoms with E-state index in [9.17, 15) is 22.8 Å². The van der Waals surface area contributed by atoms with E-state index in [4.69, 9.17) is 14.6 Å². The Hall–Kier alpha value is -1.59. The fourth-order valence-corrected chi connectivity index (χ4v) is 2.53. The molecule has 0 aromatic carbocycles. The Morgan fingerprint density at radius 1 is 1.19 bits per heavy atom. The molecular formula is C16H28F3N3O5. The van der Waals surface area contributed by atoms with Crippen LogP contribution in [0, 0.1) is 0 Å². The summed E-state index contributed by atoms with van der Waals surface area (Å²) in [5, 5.41) is 10.6. The van der Waals surface area contributed by atoms with Crippen LogP contribution >= 0.6 is 0 Å². The van der Waals surface area contributed by atoms with Crippen molar-refractivity contribution in [2.45, 2.75) is 38.6 Å². The molecule has 8 nitrogen and oxygen atoms in total. The lowest BCUT2D eigenvalue weighted by Crippen LogP contribution is -2.59. The van der Waals surface area contributed by atoms with Gasteiger partial charge < -0.3 is 24.8 Å². The highest BCUT2D eigenvalue weighted by Crippen LogP contribution is 2.17. The van der Waals surface area contributed by atoms with Crippen molar-refractivity contribution >= 4 is 12.0 Å². The molecule has 27 heavy (non-hydrogen) atoms. The first-order valence-corrected chi connectivity index (χ1v) is 8.69. The molecule has 1 atom stereocenters. The number of hydrogen-bond acceptors (Lipinski definition) is 6. The number of amides is 2. The smallest absolute Gasteiger partial charge is 0.444 e. The Morgan fingerprint density at radius 2 is 1.85 bits per heavy atom. The van der Waals surface area contributed by atoms with E-state index >= 15 is 0 Å². The van der Waals surface area contributed by atoms with Crippen LogP contribution in [0.3, 0.4) is 0 Å². The summed E-state index contributed by atoms with van der Waals surface area (Å²) < 4.78 is 47.8. The van der Waals surface area contributed by atoms with Crippen LogP contribution in [-0.4, -0.2) is 97.3 Å². The molecule has 1 aliphatic rings. The number of hydrogen-bond donors (Lipinski definition) is 2. The van der Waals surface area contributed by atoms with Crippen molar-refractivity contribution < 1.29 is 37.3 Å². The number of nitrogens with one attached hydrogen (secondary N) is 1. The zero-order chi connectivity index (χ0) is 20.7. The third-order valence-electron chi connectivity index (χ3n) is 3.77. The first-order chi connectivity index (χ1) is 12.4. The quantitative estimate of drug-likeness (QED) is 0.609. The van der Waals surface area contributed by atoms with Gasteiger partial charge >= 0.3 is 18.2 Å². The van der Waals surface area contributed by atoms with Gasteiger partial charge in [0.05, 0.1) is 19.8 Å². The van der Waals surface area contributed by atoms with Gasteiger partial charge in [-0.05, 0) is 20.8 Å². The monoisotopic (exact) mass is 399 g/mol. The first kappa shape index (κ1) is 23.4. The molecule has 2 N–H and O–H groups in total. The molecule has 0 saturated carbocycles. The molecule has 1 rings (SSSR count). The molecule has 0 aromatic rings. The zero-order valence-corrected chi connectivity index (χ0v) is 15.8. The summed E-state index contributed by atoms with van der Waals surface area (Å²) in [7, 11) is 0. The van der Waals surface area contributed by atoms with E-state index in [0.717, 1.165) is 0 Å². The number of nitrogens with zero attached hydrogens (tertiary/aromatic N) is 2. The molecular weight excluding hydrogens is 371 g/mol. The van der Waals surface area contributed by atoms with Crippen molar-refractivity contribution in [1.82, 2.24) is 15.1 Å². The van der Waals surface area contributed by atoms with E-state index in [1.165, 1.54) is 4.90 Å². The minimum Gasteiger partial charge on any atom is -0.444 e. The number of piperazine rings is 1. The van der Waals surface area contributed by atoms with E-state index in [2.05, 4.69) is 0 Å². The number of carbonyl (C=O) groups excluding carboxylic acids is 2. The molecule has 1 heterocycles. The molecule has 0 aromatic heterocycles. The standard InChI is InChI=1S/C16H28F3N3O5/c1-15(2,3)27-14(25)22-5-4-21(6-8-26-9-7-23)12(11-22)10-20-13(24)16(17,18)19/h12,23H,4-11H2,1-3H3,(H,20,24). The van der Waals surface area contributed by atoms with Gasteiger partial charge in [-0.15, -0.1) is 0 Å². The molecule has 0 radical (unpaired) electrons. The van der Waals surface area contributed by atoms with Gasteiger partial charge in [-0.1, -0.05) is 0 Å². The van der Waals surface area contributed by atoms with E-state index in [0.29, 0.717) is 19.6 Å². The normalized spacial score (nSPS) is 19.1. The number of alkyl halides is 3. The topological polar surface area (TPSA) is 91.3 Å². The highest BCUT2D eigenvalue weighted by atomic mass is 19.4. The van der Waals surface area contributed by atoms with Crippen molar-refractivity contribution in [3.63, 3.8) is 0 Å². The van der Waals surface area contributed by atoms with Gasteiger partial charge in [0.25, 0.3) is 0 Å². The molecule has 11 heteroatoms. The van der Waals surface area contributed by atoms with E-state index in [1.807, 2.05) is 10.2 Å². The summed E-state index contributed by atoms with van der Waals surface area (Å²) in [6, 6.07) is -0.518. The van der Waals surface area contributed by atoms with E-state index in [1.54, 1.807) is 20.8 Å². The Balaban J connectivity index is 2.69. The highest BCUT2D eigenvalue weighted by Gasteiger charge is 2.39. The molecule has 1 aliphatic heterocycles. The Labute approximate surface area is 156 Å². The van der Waals surface area contributed by atoms with E-state index in [-0.39, 0.29) is 32.9 Å². The molecule has 2 amide bonds. The maximum Gasteiger partial charge on any atom is 0.471 e. The maximum absolute atomic E-state index is 12.4. The number of halogens is 3. The average Bonchev–Trinajstić information content (AvgIpc) is 2.54. The number of aliphatic hydroxyl groups excluding tert-OH is 1. The molecule has 0 spiro atoms. The van der Waals surface area contributed by atoms with Crippen molar-refractivity contribution in [1.29, 1.82) is 0 Å². The lowest BCUT2D eigenvalue weighted by atomic mass is 10.1. The van der Waals surface area contributed by atoms with Gasteiger partial charge in [-0.3, -0.25) is 9.69 Å². The number of aliphatic hydroxyl groups is 1. The van der Waals surface area contributed by atoms with Crippen LogP contribution in [0.1, 0.15) is 20.8 Å². The van der Waals surface area contributed by atoms with Crippen LogP contribution in [-0.2, 0) is 14.3 Å². The summed E-state index contributed by atoms with van der Waals surface area (Å²) in [5.41, 5.74) is -0.688. The Bertz CT molecular complexity index is 497. The summed E-state index contributed by atoms with van der Waals surface area (Å²) >= 11 is 0. The molecule has 0 aliphatic carbocycles. The van der Waals surface area contributed by atoms with Gasteiger partial charge in [0.2, 0.25) is 0 Å². The van der Waals surface area contributed by atoms with Crippen LogP contribution in [0.5, 0.6) is 0 Å². The Morgan fingerprint density at radius 3 is 2.41 bits per heavy atom. The predicted octanol–water partition coefficient (Wildman–Crippen LogP) is 0.595. The third kappa shape index (κ3) is 8.76. The second-order valence-electron chi connectivity index (χ2n) is 7.16.